The van der Waals surface area contributed by atoms with Gasteiger partial charge in [0.2, 0.25) is 5.91 Å². The van der Waals surface area contributed by atoms with Gasteiger partial charge < -0.3 is 25.7 Å². The molecule has 0 heterocycles. The first kappa shape index (κ1) is 48.5. The highest BCUT2D eigenvalue weighted by Crippen LogP contribution is 2.15. The number of allylic oxidation sites excluding steroid dienone is 6. The maximum atomic E-state index is 12.5. The van der Waals surface area contributed by atoms with E-state index >= 15 is 0 Å². The van der Waals surface area contributed by atoms with E-state index in [9.17, 15) is 25.2 Å². The first-order chi connectivity index (χ1) is 24.5. The average molecular weight is 706 g/mol. The molecule has 0 aliphatic heterocycles. The van der Waals surface area contributed by atoms with Crippen molar-refractivity contribution in [3.8, 4) is 0 Å². The molecule has 0 saturated heterocycles. The standard InChI is InChI=1S/C44H83NO5/c1-3-5-7-9-11-13-15-17-18-19-20-21-22-23-24-25-26-28-29-31-33-35-37-41(47)43(49)40(39-46)45-44(50)42(48)38-36-34-32-30-27-16-14-12-10-8-6-4-2/h20-21,24-25,29,31,40-43,46-49H,3-19,22-23,26-28,30,32-39H2,1-2H3,(H,45,50)/b21-20+,25-24+,31-29+. The summed E-state index contributed by atoms with van der Waals surface area (Å²) in [5.74, 6) is -0.601. The van der Waals surface area contributed by atoms with Crippen molar-refractivity contribution >= 4 is 5.91 Å². The summed E-state index contributed by atoms with van der Waals surface area (Å²) in [5.41, 5.74) is 0. The predicted octanol–water partition coefficient (Wildman–Crippen LogP) is 11.0. The highest BCUT2D eigenvalue weighted by molar-refractivity contribution is 5.80. The van der Waals surface area contributed by atoms with Gasteiger partial charge in [0.15, 0.2) is 0 Å². The van der Waals surface area contributed by atoms with E-state index in [1.807, 2.05) is 0 Å². The Labute approximate surface area is 309 Å². The van der Waals surface area contributed by atoms with Gasteiger partial charge in [-0.15, -0.1) is 0 Å². The van der Waals surface area contributed by atoms with Crippen molar-refractivity contribution in [3.63, 3.8) is 0 Å². The Balaban J connectivity index is 3.83. The molecule has 4 atom stereocenters. The van der Waals surface area contributed by atoms with Crippen LogP contribution in [0.4, 0.5) is 0 Å². The van der Waals surface area contributed by atoms with Crippen LogP contribution in [0, 0.1) is 0 Å². The summed E-state index contributed by atoms with van der Waals surface area (Å²) in [6, 6.07) is -1.01. The maximum absolute atomic E-state index is 12.5. The number of carbonyl (C=O) groups excluding carboxylic acids is 1. The third-order valence-corrected chi connectivity index (χ3v) is 9.81. The number of hydrogen-bond acceptors (Lipinski definition) is 5. The highest BCUT2D eigenvalue weighted by Gasteiger charge is 2.28. The fourth-order valence-corrected chi connectivity index (χ4v) is 6.38. The molecule has 50 heavy (non-hydrogen) atoms. The van der Waals surface area contributed by atoms with Gasteiger partial charge in [-0.25, -0.2) is 0 Å². The summed E-state index contributed by atoms with van der Waals surface area (Å²) in [7, 11) is 0. The van der Waals surface area contributed by atoms with Crippen LogP contribution >= 0.6 is 0 Å². The van der Waals surface area contributed by atoms with Crippen molar-refractivity contribution in [2.45, 2.75) is 231 Å². The lowest BCUT2D eigenvalue weighted by Crippen LogP contribution is -2.53. The summed E-state index contributed by atoms with van der Waals surface area (Å²) in [4.78, 5) is 12.5. The van der Waals surface area contributed by atoms with Crippen LogP contribution in [-0.4, -0.2) is 57.3 Å². The molecule has 0 radical (unpaired) electrons. The molecule has 0 rings (SSSR count). The second-order valence-corrected chi connectivity index (χ2v) is 14.7. The van der Waals surface area contributed by atoms with Gasteiger partial charge in [-0.05, 0) is 64.2 Å². The summed E-state index contributed by atoms with van der Waals surface area (Å²) in [5, 5.41) is 43.5. The van der Waals surface area contributed by atoms with Gasteiger partial charge in [0, 0.05) is 0 Å². The number of hydrogen-bond donors (Lipinski definition) is 5. The lowest BCUT2D eigenvalue weighted by molar-refractivity contribution is -0.132. The minimum absolute atomic E-state index is 0.360. The minimum atomic E-state index is -1.29. The molecule has 4 unspecified atom stereocenters. The molecule has 5 N–H and O–H groups in total. The maximum Gasteiger partial charge on any atom is 0.249 e. The highest BCUT2D eigenvalue weighted by atomic mass is 16.3. The molecule has 0 aromatic rings. The van der Waals surface area contributed by atoms with E-state index in [1.54, 1.807) is 0 Å². The van der Waals surface area contributed by atoms with Crippen LogP contribution in [-0.2, 0) is 4.79 Å². The van der Waals surface area contributed by atoms with E-state index in [0.717, 1.165) is 51.4 Å². The molecule has 294 valence electrons. The summed E-state index contributed by atoms with van der Waals surface area (Å²) >= 11 is 0. The first-order valence-electron chi connectivity index (χ1n) is 21.4. The third kappa shape index (κ3) is 32.4. The summed E-state index contributed by atoms with van der Waals surface area (Å²) < 4.78 is 0. The van der Waals surface area contributed by atoms with E-state index in [-0.39, 0.29) is 0 Å². The largest absolute Gasteiger partial charge is 0.394 e. The van der Waals surface area contributed by atoms with Crippen LogP contribution in [0.25, 0.3) is 0 Å². The average Bonchev–Trinajstić information content (AvgIpc) is 3.12. The van der Waals surface area contributed by atoms with E-state index < -0.39 is 36.9 Å². The van der Waals surface area contributed by atoms with Crippen LogP contribution in [0.1, 0.15) is 206 Å². The quantitative estimate of drug-likeness (QED) is 0.0324. The fourth-order valence-electron chi connectivity index (χ4n) is 6.38. The number of carbonyl (C=O) groups is 1. The Morgan fingerprint density at radius 2 is 0.840 bits per heavy atom. The van der Waals surface area contributed by atoms with Gasteiger partial charge in [0.1, 0.15) is 12.2 Å². The molecule has 0 saturated carbocycles. The van der Waals surface area contributed by atoms with Crippen molar-refractivity contribution in [3.05, 3.63) is 36.5 Å². The van der Waals surface area contributed by atoms with Crippen LogP contribution in [0.5, 0.6) is 0 Å². The first-order valence-corrected chi connectivity index (χ1v) is 21.4. The van der Waals surface area contributed by atoms with Gasteiger partial charge in [0.25, 0.3) is 0 Å². The molecule has 0 spiro atoms. The van der Waals surface area contributed by atoms with Crippen molar-refractivity contribution in [1.82, 2.24) is 5.32 Å². The van der Waals surface area contributed by atoms with Crippen LogP contribution < -0.4 is 5.32 Å². The number of amides is 1. The zero-order valence-corrected chi connectivity index (χ0v) is 32.9. The fraction of sp³-hybridized carbons (Fsp3) is 0.841. The summed E-state index contributed by atoms with van der Waals surface area (Å²) in [6.45, 7) is 4.02. The van der Waals surface area contributed by atoms with Crippen LogP contribution in [0.3, 0.4) is 0 Å². The van der Waals surface area contributed by atoms with Gasteiger partial charge >= 0.3 is 0 Å². The van der Waals surface area contributed by atoms with Gasteiger partial charge in [-0.2, -0.15) is 0 Å². The van der Waals surface area contributed by atoms with E-state index in [0.29, 0.717) is 19.3 Å². The SMILES string of the molecule is CCCCCCCCCCC/C=C/CC/C=C/CC/C=C/CCCC(O)C(O)C(CO)NC(=O)C(O)CCCCCCCCCCCCCC. The molecule has 6 heteroatoms. The second kappa shape index (κ2) is 38.8. The van der Waals surface area contributed by atoms with E-state index in [1.165, 1.54) is 122 Å². The number of nitrogens with one attached hydrogen (secondary N) is 1. The number of unbranched alkanes of at least 4 members (excludes halogenated alkanes) is 23. The Kier molecular flexibility index (Phi) is 37.6. The molecule has 0 fully saturated rings. The van der Waals surface area contributed by atoms with Crippen molar-refractivity contribution < 1.29 is 25.2 Å². The molecular weight excluding hydrogens is 622 g/mol. The van der Waals surface area contributed by atoms with Crippen LogP contribution in [0.15, 0.2) is 36.5 Å². The Morgan fingerprint density at radius 3 is 1.26 bits per heavy atom. The molecule has 0 aromatic carbocycles. The Hall–Kier alpha value is -1.47. The zero-order chi connectivity index (χ0) is 36.8. The summed E-state index contributed by atoms with van der Waals surface area (Å²) in [6.07, 6.45) is 44.6. The Morgan fingerprint density at radius 1 is 0.480 bits per heavy atom. The lowest BCUT2D eigenvalue weighted by Gasteiger charge is -2.27. The van der Waals surface area contributed by atoms with Crippen molar-refractivity contribution in [1.29, 1.82) is 0 Å². The molecular formula is C44H83NO5. The van der Waals surface area contributed by atoms with Gasteiger partial charge in [0.05, 0.1) is 18.8 Å². The zero-order valence-electron chi connectivity index (χ0n) is 32.9. The topological polar surface area (TPSA) is 110 Å². The third-order valence-electron chi connectivity index (χ3n) is 9.81. The molecule has 6 nitrogen and oxygen atoms in total. The van der Waals surface area contributed by atoms with Gasteiger partial charge in [-0.3, -0.25) is 4.79 Å². The molecule has 0 bridgehead atoms. The normalized spacial score (nSPS) is 14.6. The number of aliphatic hydroxyl groups excluding tert-OH is 4. The minimum Gasteiger partial charge on any atom is -0.394 e. The van der Waals surface area contributed by atoms with Crippen molar-refractivity contribution in [2.24, 2.45) is 0 Å². The number of aliphatic hydroxyl groups is 4. The second-order valence-electron chi connectivity index (χ2n) is 14.7. The van der Waals surface area contributed by atoms with E-state index in [4.69, 9.17) is 0 Å². The monoisotopic (exact) mass is 706 g/mol. The van der Waals surface area contributed by atoms with Gasteiger partial charge in [-0.1, -0.05) is 179 Å². The van der Waals surface area contributed by atoms with Crippen LogP contribution in [0.2, 0.25) is 0 Å². The predicted molar refractivity (Wildman–Crippen MR) is 214 cm³/mol. The molecule has 1 amide bonds. The molecule has 0 aromatic heterocycles. The number of rotatable bonds is 38. The Bertz CT molecular complexity index is 797. The lowest BCUT2D eigenvalue weighted by atomic mass is 10.00. The molecule has 0 aliphatic carbocycles. The van der Waals surface area contributed by atoms with E-state index in [2.05, 4.69) is 55.6 Å². The molecule has 0 aliphatic rings. The van der Waals surface area contributed by atoms with Crippen molar-refractivity contribution in [2.75, 3.05) is 6.61 Å². The smallest absolute Gasteiger partial charge is 0.249 e.